The lowest BCUT2D eigenvalue weighted by atomic mass is 9.91. The summed E-state index contributed by atoms with van der Waals surface area (Å²) < 4.78 is 53.2. The van der Waals surface area contributed by atoms with Gasteiger partial charge >= 0.3 is 0 Å². The predicted octanol–water partition coefficient (Wildman–Crippen LogP) is 3.42. The molecule has 37 heavy (non-hydrogen) atoms. The van der Waals surface area contributed by atoms with Crippen LogP contribution in [0.3, 0.4) is 0 Å². The molecule has 0 aliphatic carbocycles. The van der Waals surface area contributed by atoms with Crippen molar-refractivity contribution >= 4 is 54.9 Å². The van der Waals surface area contributed by atoms with Crippen LogP contribution in [-0.4, -0.2) is 52.4 Å². The second-order valence-electron chi connectivity index (χ2n) is 8.18. The highest BCUT2D eigenvalue weighted by molar-refractivity contribution is 7.90. The Morgan fingerprint density at radius 2 is 1.54 bits per heavy atom. The van der Waals surface area contributed by atoms with Crippen molar-refractivity contribution in [2.45, 2.75) is 10.8 Å². The molecule has 9 nitrogen and oxygen atoms in total. The number of hydrazone groups is 1. The van der Waals surface area contributed by atoms with Crippen LogP contribution < -0.4 is 10.5 Å². The minimum Gasteiger partial charge on any atom is -0.353 e. The first kappa shape index (κ1) is 27.1. The number of hydrogen-bond donors (Lipinski definition) is 2. The molecule has 4 rings (SSSR count). The second kappa shape index (κ2) is 11.2. The number of hydrogen-bond acceptors (Lipinski definition) is 5. The molecule has 0 amide bonds. The van der Waals surface area contributed by atoms with Crippen molar-refractivity contribution in [3.8, 4) is 0 Å². The van der Waals surface area contributed by atoms with Crippen molar-refractivity contribution < 1.29 is 16.8 Å². The highest BCUT2D eigenvalue weighted by Gasteiger charge is 2.32. The van der Waals surface area contributed by atoms with Crippen LogP contribution in [-0.2, 0) is 20.0 Å². The van der Waals surface area contributed by atoms with Crippen molar-refractivity contribution in [1.82, 2.24) is 10.3 Å². The van der Waals surface area contributed by atoms with Crippen molar-refractivity contribution in [1.29, 1.82) is 0 Å². The predicted molar refractivity (Wildman–Crippen MR) is 146 cm³/mol. The van der Waals surface area contributed by atoms with Gasteiger partial charge in [0.2, 0.25) is 16.0 Å². The molecule has 3 N–H and O–H groups in total. The van der Waals surface area contributed by atoms with Crippen LogP contribution in [0.1, 0.15) is 17.0 Å². The van der Waals surface area contributed by atoms with E-state index in [0.717, 1.165) is 11.1 Å². The highest BCUT2D eigenvalue weighted by atomic mass is 35.5. The van der Waals surface area contributed by atoms with E-state index in [-0.39, 0.29) is 29.9 Å². The fourth-order valence-electron chi connectivity index (χ4n) is 3.71. The summed E-state index contributed by atoms with van der Waals surface area (Å²) in [5, 5.41) is 15.0. The number of nitrogens with two attached hydrogens (primary N) is 1. The smallest absolute Gasteiger partial charge is 0.285 e. The summed E-state index contributed by atoms with van der Waals surface area (Å²) in [5.41, 5.74) is 2.43. The third-order valence-electron chi connectivity index (χ3n) is 5.49. The normalized spacial score (nSPS) is 16.5. The van der Waals surface area contributed by atoms with E-state index in [0.29, 0.717) is 15.8 Å². The molecule has 0 fully saturated rings. The number of nitrogens with zero attached hydrogens (tertiary/aromatic N) is 3. The molecule has 1 aliphatic heterocycles. The summed E-state index contributed by atoms with van der Waals surface area (Å²) >= 11 is 12.0. The lowest BCUT2D eigenvalue weighted by Crippen LogP contribution is -2.41. The van der Waals surface area contributed by atoms with Crippen LogP contribution in [0.4, 0.5) is 0 Å². The molecular weight excluding hydrogens is 557 g/mol. The summed E-state index contributed by atoms with van der Waals surface area (Å²) in [7, 11) is -8.00. The molecule has 1 aliphatic rings. The lowest BCUT2D eigenvalue weighted by molar-refractivity contribution is 0.456. The van der Waals surface area contributed by atoms with E-state index in [1.807, 2.05) is 42.5 Å². The van der Waals surface area contributed by atoms with Gasteiger partial charge in [-0.3, -0.25) is 0 Å². The van der Waals surface area contributed by atoms with Crippen LogP contribution >= 0.6 is 23.2 Å². The number of benzene rings is 3. The van der Waals surface area contributed by atoms with Crippen LogP contribution in [0, 0.1) is 0 Å². The Hall–Kier alpha value is -2.96. The highest BCUT2D eigenvalue weighted by Crippen LogP contribution is 2.30. The quantitative estimate of drug-likeness (QED) is 0.325. The van der Waals surface area contributed by atoms with E-state index in [1.165, 1.54) is 29.3 Å². The minimum atomic E-state index is -4.19. The molecule has 0 bridgehead atoms. The van der Waals surface area contributed by atoms with Gasteiger partial charge in [-0.2, -0.15) is 13.5 Å². The third-order valence-corrected chi connectivity index (χ3v) is 8.05. The summed E-state index contributed by atoms with van der Waals surface area (Å²) in [6.07, 6.45) is 0. The first-order chi connectivity index (χ1) is 17.5. The van der Waals surface area contributed by atoms with Gasteiger partial charge in [-0.1, -0.05) is 65.7 Å². The average molecular weight is 581 g/mol. The number of guanidine groups is 1. The van der Waals surface area contributed by atoms with Gasteiger partial charge in [-0.15, -0.1) is 4.40 Å². The molecule has 1 heterocycles. The number of rotatable bonds is 7. The molecule has 0 saturated heterocycles. The molecule has 0 saturated carbocycles. The van der Waals surface area contributed by atoms with Crippen LogP contribution in [0.5, 0.6) is 0 Å². The van der Waals surface area contributed by atoms with Gasteiger partial charge in [0, 0.05) is 22.5 Å². The Kier molecular flexibility index (Phi) is 8.20. The molecule has 3 aromatic rings. The molecule has 1 unspecified atom stereocenters. The Labute approximate surface area is 225 Å². The maximum atomic E-state index is 13.1. The van der Waals surface area contributed by atoms with E-state index < -0.39 is 25.8 Å². The monoisotopic (exact) mass is 579 g/mol. The fraction of sp³-hybridized carbons (Fsp3) is 0.167. The fourth-order valence-corrected chi connectivity index (χ4v) is 5.32. The standard InChI is InChI=1S/C24H23Cl2N5O4S2/c25-19-8-6-18(7-9-19)23-22(17-4-2-1-3-5-17)16-31(29-23)24(28-14-15-36(27,32)33)30-37(34,35)21-12-10-20(26)11-13-21/h1-13,22H,14-16H2,(H,28,30)(H2,27,32,33). The van der Waals surface area contributed by atoms with E-state index in [2.05, 4.69) is 9.71 Å². The third kappa shape index (κ3) is 7.08. The van der Waals surface area contributed by atoms with E-state index in [4.69, 9.17) is 33.4 Å². The van der Waals surface area contributed by atoms with Crippen LogP contribution in [0.15, 0.2) is 93.3 Å². The Morgan fingerprint density at radius 1 is 0.946 bits per heavy atom. The molecular formula is C24H23Cl2N5O4S2. The molecule has 3 aromatic carbocycles. The van der Waals surface area contributed by atoms with Gasteiger partial charge in [-0.05, 0) is 47.5 Å². The van der Waals surface area contributed by atoms with Gasteiger partial charge < -0.3 is 5.32 Å². The maximum Gasteiger partial charge on any atom is 0.285 e. The molecule has 0 aromatic heterocycles. The molecule has 13 heteroatoms. The van der Waals surface area contributed by atoms with Crippen molar-refractivity contribution in [2.75, 3.05) is 18.8 Å². The molecule has 0 spiro atoms. The summed E-state index contributed by atoms with van der Waals surface area (Å²) in [6, 6.07) is 22.3. The maximum absolute atomic E-state index is 13.1. The first-order valence-corrected chi connectivity index (χ1v) is 14.9. The SMILES string of the molecule is NS(=O)(=O)CCN/C(=N/S(=O)(=O)c1ccc(Cl)cc1)N1CC(c2ccccc2)C(c2ccc(Cl)cc2)=N1. The van der Waals surface area contributed by atoms with E-state index in [1.54, 1.807) is 12.1 Å². The summed E-state index contributed by atoms with van der Waals surface area (Å²) in [6.45, 7) is 0.0748. The molecule has 194 valence electrons. The van der Waals surface area contributed by atoms with Gasteiger partial charge in [-0.25, -0.2) is 18.6 Å². The van der Waals surface area contributed by atoms with E-state index in [9.17, 15) is 16.8 Å². The zero-order valence-corrected chi connectivity index (χ0v) is 22.5. The Morgan fingerprint density at radius 3 is 2.14 bits per heavy atom. The van der Waals surface area contributed by atoms with Crippen molar-refractivity contribution in [2.24, 2.45) is 14.6 Å². The lowest BCUT2D eigenvalue weighted by Gasteiger charge is -2.19. The number of primary sulfonamides is 1. The van der Waals surface area contributed by atoms with Gasteiger partial charge in [0.05, 0.1) is 22.9 Å². The average Bonchev–Trinajstić information content (AvgIpc) is 3.29. The van der Waals surface area contributed by atoms with Gasteiger partial charge in [0.25, 0.3) is 10.0 Å². The van der Waals surface area contributed by atoms with E-state index >= 15 is 0 Å². The zero-order valence-electron chi connectivity index (χ0n) is 19.3. The largest absolute Gasteiger partial charge is 0.353 e. The molecule has 1 atom stereocenters. The van der Waals surface area contributed by atoms with Crippen LogP contribution in [0.2, 0.25) is 10.0 Å². The zero-order chi connectivity index (χ0) is 26.6. The molecule has 0 radical (unpaired) electrons. The van der Waals surface area contributed by atoms with Crippen LogP contribution in [0.25, 0.3) is 0 Å². The van der Waals surface area contributed by atoms with Crippen molar-refractivity contribution in [3.05, 3.63) is 100 Å². The number of halogens is 2. The topological polar surface area (TPSA) is 134 Å². The second-order valence-corrected chi connectivity index (χ2v) is 12.4. The van der Waals surface area contributed by atoms with Gasteiger partial charge in [0.1, 0.15) is 0 Å². The first-order valence-electron chi connectivity index (χ1n) is 11.0. The van der Waals surface area contributed by atoms with Gasteiger partial charge in [0.15, 0.2) is 0 Å². The number of sulfonamides is 2. The Balaban J connectivity index is 1.76. The summed E-state index contributed by atoms with van der Waals surface area (Å²) in [5.74, 6) is -0.800. The Bertz CT molecular complexity index is 1530. The van der Waals surface area contributed by atoms with Crippen molar-refractivity contribution in [3.63, 3.8) is 0 Å². The minimum absolute atomic E-state index is 0.0802. The number of nitrogens with one attached hydrogen (secondary N) is 1. The summed E-state index contributed by atoms with van der Waals surface area (Å²) in [4.78, 5) is -0.0802.